The van der Waals surface area contributed by atoms with Gasteiger partial charge in [-0.25, -0.2) is 0 Å². The van der Waals surface area contributed by atoms with Gasteiger partial charge in [-0.05, 0) is 103 Å². The van der Waals surface area contributed by atoms with Crippen LogP contribution < -0.4 is 0 Å². The average molecular weight is 688 g/mol. The number of rotatable bonds is 36. The van der Waals surface area contributed by atoms with Gasteiger partial charge in [-0.1, -0.05) is 141 Å². The molecule has 1 aliphatic heterocycles. The molecule has 0 aromatic rings. The molecule has 0 bridgehead atoms. The van der Waals surface area contributed by atoms with Gasteiger partial charge in [0.25, 0.3) is 0 Å². The first kappa shape index (κ1) is 45.4. The summed E-state index contributed by atoms with van der Waals surface area (Å²) >= 11 is 0. The Morgan fingerprint density at radius 1 is 0.592 bits per heavy atom. The largest absolute Gasteiger partial charge is 0.481 e. The third kappa shape index (κ3) is 28.7. The molecule has 0 radical (unpaired) electrons. The molecular formula is C44H81NO4. The number of nitrogens with zero attached hydrogens (tertiary/aromatic N) is 1. The number of likely N-dealkylation sites (tertiary alicyclic amines) is 1. The molecule has 0 aromatic heterocycles. The van der Waals surface area contributed by atoms with Gasteiger partial charge in [0.15, 0.2) is 0 Å². The summed E-state index contributed by atoms with van der Waals surface area (Å²) in [5.74, 6) is -1.43. The number of carbonyl (C=O) groups is 2. The van der Waals surface area contributed by atoms with Crippen molar-refractivity contribution in [2.75, 3.05) is 26.2 Å². The van der Waals surface area contributed by atoms with E-state index in [2.05, 4.69) is 43.1 Å². The number of carboxylic acid groups (broad SMARTS) is 1. The maximum Gasteiger partial charge on any atom is 0.306 e. The number of aliphatic carboxylic acids is 1. The Kier molecular flexibility index (Phi) is 32.3. The van der Waals surface area contributed by atoms with Crippen molar-refractivity contribution in [3.8, 4) is 0 Å². The van der Waals surface area contributed by atoms with Gasteiger partial charge in [0, 0.05) is 12.3 Å². The summed E-state index contributed by atoms with van der Waals surface area (Å²) in [4.78, 5) is 27.5. The van der Waals surface area contributed by atoms with Gasteiger partial charge in [-0.2, -0.15) is 0 Å². The van der Waals surface area contributed by atoms with E-state index in [-0.39, 0.29) is 18.5 Å². The van der Waals surface area contributed by atoms with Crippen LogP contribution in [0.15, 0.2) is 24.3 Å². The first-order valence-electron chi connectivity index (χ1n) is 21.5. The van der Waals surface area contributed by atoms with Gasteiger partial charge < -0.3 is 14.7 Å². The third-order valence-corrected chi connectivity index (χ3v) is 10.5. The zero-order chi connectivity index (χ0) is 35.5. The summed E-state index contributed by atoms with van der Waals surface area (Å²) in [6.45, 7) is 7.90. The summed E-state index contributed by atoms with van der Waals surface area (Å²) in [6, 6.07) is 0. The predicted octanol–water partition coefficient (Wildman–Crippen LogP) is 13.0. The molecule has 49 heavy (non-hydrogen) atoms. The summed E-state index contributed by atoms with van der Waals surface area (Å²) in [6.07, 6.45) is 44.6. The number of esters is 1. The van der Waals surface area contributed by atoms with Gasteiger partial charge in [0.2, 0.25) is 0 Å². The molecule has 5 heteroatoms. The fourth-order valence-electron chi connectivity index (χ4n) is 7.19. The molecule has 1 fully saturated rings. The Bertz CT molecular complexity index is 803. The van der Waals surface area contributed by atoms with Crippen molar-refractivity contribution in [1.82, 2.24) is 4.90 Å². The predicted molar refractivity (Wildman–Crippen MR) is 210 cm³/mol. The van der Waals surface area contributed by atoms with Crippen LogP contribution in [0.4, 0.5) is 0 Å². The topological polar surface area (TPSA) is 66.8 Å². The van der Waals surface area contributed by atoms with Gasteiger partial charge in [-0.15, -0.1) is 0 Å². The van der Waals surface area contributed by atoms with Crippen LogP contribution >= 0.6 is 0 Å². The number of carbonyl (C=O) groups excluding carboxylic acids is 1. The molecule has 5 nitrogen and oxygen atoms in total. The second-order valence-corrected chi connectivity index (χ2v) is 15.1. The molecule has 0 saturated carbocycles. The monoisotopic (exact) mass is 688 g/mol. The van der Waals surface area contributed by atoms with E-state index < -0.39 is 11.9 Å². The maximum absolute atomic E-state index is 12.6. The fraction of sp³-hybridized carbons (Fsp3) is 0.864. The standard InChI is InChI=1S/C44H81NO4/c1-3-5-7-9-11-13-15-17-19-21-23-25-27-29-31-35-43(46)49-40-41(36-39-45-37-32-33-38-45)42(44(47)48)34-30-28-26-24-22-20-18-16-14-12-10-8-6-4-2/h17-20,41-42H,3-16,21-40H2,1-2H3,(H,47,48)/b19-17-,20-18-. The van der Waals surface area contributed by atoms with Crippen molar-refractivity contribution >= 4 is 11.9 Å². The van der Waals surface area contributed by atoms with Gasteiger partial charge in [0.05, 0.1) is 12.5 Å². The highest BCUT2D eigenvalue weighted by Gasteiger charge is 2.29. The Morgan fingerprint density at radius 3 is 1.49 bits per heavy atom. The Balaban J connectivity index is 2.25. The lowest BCUT2D eigenvalue weighted by atomic mass is 9.85. The van der Waals surface area contributed by atoms with E-state index >= 15 is 0 Å². The van der Waals surface area contributed by atoms with Crippen molar-refractivity contribution in [2.24, 2.45) is 11.8 Å². The van der Waals surface area contributed by atoms with Crippen molar-refractivity contribution in [3.63, 3.8) is 0 Å². The SMILES string of the molecule is CCCCCCCC/C=C\CCCCCCCC(=O)OCC(CCN1CCCC1)C(CCCCCC/C=C\CCCCCCCC)C(=O)O. The average Bonchev–Trinajstić information content (AvgIpc) is 3.62. The molecule has 1 heterocycles. The van der Waals surface area contributed by atoms with Crippen molar-refractivity contribution in [2.45, 2.75) is 206 Å². The lowest BCUT2D eigenvalue weighted by molar-refractivity contribution is -0.151. The second kappa shape index (κ2) is 34.8. The molecular weight excluding hydrogens is 606 g/mol. The first-order valence-corrected chi connectivity index (χ1v) is 21.5. The third-order valence-electron chi connectivity index (χ3n) is 10.5. The smallest absolute Gasteiger partial charge is 0.306 e. The van der Waals surface area contributed by atoms with Crippen LogP contribution in [0.2, 0.25) is 0 Å². The van der Waals surface area contributed by atoms with Gasteiger partial charge in [-0.3, -0.25) is 9.59 Å². The normalized spacial score (nSPS) is 15.1. The van der Waals surface area contributed by atoms with Crippen LogP contribution in [-0.4, -0.2) is 48.2 Å². The van der Waals surface area contributed by atoms with Crippen molar-refractivity contribution in [1.29, 1.82) is 0 Å². The highest BCUT2D eigenvalue weighted by molar-refractivity contribution is 5.71. The molecule has 286 valence electrons. The number of carboxylic acids is 1. The number of allylic oxidation sites excluding steroid dienone is 4. The minimum atomic E-state index is -0.725. The van der Waals surface area contributed by atoms with Crippen LogP contribution in [0, 0.1) is 11.8 Å². The van der Waals surface area contributed by atoms with Gasteiger partial charge in [0.1, 0.15) is 0 Å². The molecule has 0 aromatic carbocycles. The molecule has 1 rings (SSSR count). The van der Waals surface area contributed by atoms with Crippen LogP contribution in [0.25, 0.3) is 0 Å². The zero-order valence-electron chi connectivity index (χ0n) is 32.6. The Hall–Kier alpha value is -1.62. The molecule has 2 atom stereocenters. The minimum Gasteiger partial charge on any atom is -0.481 e. The van der Waals surface area contributed by atoms with E-state index in [1.807, 2.05) is 0 Å². The Morgan fingerprint density at radius 2 is 1.02 bits per heavy atom. The van der Waals surface area contributed by atoms with E-state index in [1.54, 1.807) is 0 Å². The molecule has 0 amide bonds. The lowest BCUT2D eigenvalue weighted by Crippen LogP contribution is -2.32. The summed E-state index contributed by atoms with van der Waals surface area (Å²) < 4.78 is 5.76. The zero-order valence-corrected chi connectivity index (χ0v) is 32.6. The van der Waals surface area contributed by atoms with Crippen molar-refractivity contribution < 1.29 is 19.4 Å². The van der Waals surface area contributed by atoms with Crippen LogP contribution in [0.3, 0.4) is 0 Å². The van der Waals surface area contributed by atoms with E-state index in [0.29, 0.717) is 12.8 Å². The fourth-order valence-corrected chi connectivity index (χ4v) is 7.19. The molecule has 1 N–H and O–H groups in total. The molecule has 1 saturated heterocycles. The summed E-state index contributed by atoms with van der Waals surface area (Å²) in [7, 11) is 0. The number of hydrogen-bond acceptors (Lipinski definition) is 4. The molecule has 2 unspecified atom stereocenters. The highest BCUT2D eigenvalue weighted by Crippen LogP contribution is 2.25. The molecule has 0 spiro atoms. The van der Waals surface area contributed by atoms with Crippen LogP contribution in [0.1, 0.15) is 206 Å². The second-order valence-electron chi connectivity index (χ2n) is 15.1. The summed E-state index contributed by atoms with van der Waals surface area (Å²) in [5.41, 5.74) is 0. The Labute approximate surface area is 304 Å². The van der Waals surface area contributed by atoms with E-state index in [0.717, 1.165) is 77.4 Å². The van der Waals surface area contributed by atoms with Crippen LogP contribution in [0.5, 0.6) is 0 Å². The van der Waals surface area contributed by atoms with Crippen LogP contribution in [-0.2, 0) is 14.3 Å². The minimum absolute atomic E-state index is 0.110. The first-order chi connectivity index (χ1) is 24.1. The highest BCUT2D eigenvalue weighted by atomic mass is 16.5. The van der Waals surface area contributed by atoms with Crippen molar-refractivity contribution in [3.05, 3.63) is 24.3 Å². The molecule has 0 aliphatic carbocycles. The van der Waals surface area contributed by atoms with Gasteiger partial charge >= 0.3 is 11.9 Å². The molecule has 1 aliphatic rings. The quantitative estimate of drug-likeness (QED) is 0.0403. The van der Waals surface area contributed by atoms with E-state index in [9.17, 15) is 14.7 Å². The van der Waals surface area contributed by atoms with E-state index in [4.69, 9.17) is 4.74 Å². The van der Waals surface area contributed by atoms with E-state index in [1.165, 1.54) is 122 Å². The maximum atomic E-state index is 12.6. The summed E-state index contributed by atoms with van der Waals surface area (Å²) in [5, 5.41) is 10.2. The number of unbranched alkanes of at least 4 members (excludes halogenated alkanes) is 21. The lowest BCUT2D eigenvalue weighted by Gasteiger charge is -2.26. The number of hydrogen-bond donors (Lipinski definition) is 1. The number of ether oxygens (including phenoxy) is 1.